The molecule has 1 saturated carbocycles. The van der Waals surface area contributed by atoms with Gasteiger partial charge in [-0.05, 0) is 31.4 Å². The van der Waals surface area contributed by atoms with E-state index in [0.717, 1.165) is 25.5 Å². The van der Waals surface area contributed by atoms with Gasteiger partial charge in [-0.1, -0.05) is 30.5 Å². The number of nitrogens with one attached hydrogen (secondary N) is 2. The van der Waals surface area contributed by atoms with E-state index in [4.69, 9.17) is 9.26 Å². The maximum Gasteiger partial charge on any atom is 0.276 e. The Morgan fingerprint density at radius 1 is 1.21 bits per heavy atom. The lowest BCUT2D eigenvalue weighted by Crippen LogP contribution is -2.39. The quantitative estimate of drug-likeness (QED) is 0.388. The van der Waals surface area contributed by atoms with Crippen molar-refractivity contribution in [2.24, 2.45) is 4.99 Å². The molecule has 2 aromatic heterocycles. The monoisotopic (exact) mass is 386 g/mol. The third-order valence-electron chi connectivity index (χ3n) is 4.74. The van der Waals surface area contributed by atoms with E-state index < -0.39 is 0 Å². The van der Waals surface area contributed by atoms with Gasteiger partial charge < -0.3 is 19.9 Å². The minimum atomic E-state index is 0.441. The van der Waals surface area contributed by atoms with Crippen molar-refractivity contribution in [3.8, 4) is 11.6 Å². The van der Waals surface area contributed by atoms with Crippen LogP contribution >= 0.6 is 0 Å². The zero-order valence-corrected chi connectivity index (χ0v) is 16.6. The van der Waals surface area contributed by atoms with E-state index in [-0.39, 0.29) is 0 Å². The summed E-state index contributed by atoms with van der Waals surface area (Å²) in [5.74, 6) is 1.85. The van der Waals surface area contributed by atoms with Crippen LogP contribution in [0.2, 0.25) is 0 Å². The summed E-state index contributed by atoms with van der Waals surface area (Å²) in [4.78, 5) is 12.8. The van der Waals surface area contributed by atoms with Crippen LogP contribution in [-0.4, -0.2) is 53.9 Å². The Morgan fingerprint density at radius 3 is 2.86 bits per heavy atom. The number of rotatable bonds is 9. The van der Waals surface area contributed by atoms with Crippen molar-refractivity contribution in [3.05, 3.63) is 30.2 Å². The van der Waals surface area contributed by atoms with E-state index in [2.05, 4.69) is 30.8 Å². The third-order valence-corrected chi connectivity index (χ3v) is 4.74. The van der Waals surface area contributed by atoms with Crippen LogP contribution in [0.3, 0.4) is 0 Å². The van der Waals surface area contributed by atoms with Crippen LogP contribution in [0.4, 0.5) is 0 Å². The SMILES string of the molecule is CN=C(NCCCOC1CCCCC1)NCCc1noc(-c2ccccn2)n1. The number of ether oxygens (including phenoxy) is 1. The summed E-state index contributed by atoms with van der Waals surface area (Å²) in [6.07, 6.45) is 10.2. The number of pyridine rings is 1. The van der Waals surface area contributed by atoms with Crippen LogP contribution in [0.15, 0.2) is 33.9 Å². The number of aromatic nitrogens is 3. The Hall–Kier alpha value is -2.48. The second-order valence-electron chi connectivity index (χ2n) is 6.89. The summed E-state index contributed by atoms with van der Waals surface area (Å²) in [6.45, 7) is 2.30. The molecule has 1 aliphatic rings. The van der Waals surface area contributed by atoms with Crippen molar-refractivity contribution >= 4 is 5.96 Å². The Morgan fingerprint density at radius 2 is 2.07 bits per heavy atom. The largest absolute Gasteiger partial charge is 0.378 e. The smallest absolute Gasteiger partial charge is 0.276 e. The minimum Gasteiger partial charge on any atom is -0.378 e. The number of hydrogen-bond acceptors (Lipinski definition) is 6. The Kier molecular flexibility index (Phi) is 8.24. The number of aliphatic imine (C=N–C) groups is 1. The van der Waals surface area contributed by atoms with Gasteiger partial charge >= 0.3 is 0 Å². The zero-order valence-electron chi connectivity index (χ0n) is 16.6. The molecule has 152 valence electrons. The fourth-order valence-electron chi connectivity index (χ4n) is 3.22. The second-order valence-corrected chi connectivity index (χ2v) is 6.89. The number of nitrogens with zero attached hydrogens (tertiary/aromatic N) is 4. The molecule has 2 aromatic rings. The van der Waals surface area contributed by atoms with Gasteiger partial charge in [0.1, 0.15) is 5.69 Å². The van der Waals surface area contributed by atoms with E-state index in [1.54, 1.807) is 13.2 Å². The molecular formula is C20H30N6O2. The average molecular weight is 386 g/mol. The topological polar surface area (TPSA) is 97.5 Å². The van der Waals surface area contributed by atoms with Crippen molar-refractivity contribution in [1.29, 1.82) is 0 Å². The highest BCUT2D eigenvalue weighted by molar-refractivity contribution is 5.79. The first-order valence-electron chi connectivity index (χ1n) is 10.2. The molecule has 0 unspecified atom stereocenters. The molecule has 3 rings (SSSR count). The first-order valence-corrected chi connectivity index (χ1v) is 10.2. The first kappa shape index (κ1) is 20.3. The van der Waals surface area contributed by atoms with Gasteiger partial charge in [0.2, 0.25) is 0 Å². The molecule has 0 atom stereocenters. The Balaban J connectivity index is 1.29. The summed E-state index contributed by atoms with van der Waals surface area (Å²) in [6, 6.07) is 5.59. The maximum atomic E-state index is 5.94. The van der Waals surface area contributed by atoms with Gasteiger partial charge in [-0.15, -0.1) is 0 Å². The Bertz CT molecular complexity index is 712. The highest BCUT2D eigenvalue weighted by Crippen LogP contribution is 2.20. The van der Waals surface area contributed by atoms with Gasteiger partial charge in [-0.25, -0.2) is 0 Å². The van der Waals surface area contributed by atoms with Gasteiger partial charge in [-0.2, -0.15) is 4.98 Å². The van der Waals surface area contributed by atoms with Crippen molar-refractivity contribution in [2.75, 3.05) is 26.7 Å². The highest BCUT2D eigenvalue weighted by atomic mass is 16.5. The molecule has 28 heavy (non-hydrogen) atoms. The van der Waals surface area contributed by atoms with E-state index in [0.29, 0.717) is 36.5 Å². The molecule has 1 fully saturated rings. The van der Waals surface area contributed by atoms with Crippen LogP contribution in [0.25, 0.3) is 11.6 Å². The van der Waals surface area contributed by atoms with Crippen LogP contribution in [0.5, 0.6) is 0 Å². The predicted octanol–water partition coefficient (Wildman–Crippen LogP) is 2.58. The number of hydrogen-bond donors (Lipinski definition) is 2. The molecular weight excluding hydrogens is 356 g/mol. The molecule has 8 nitrogen and oxygen atoms in total. The molecule has 0 aliphatic heterocycles. The van der Waals surface area contributed by atoms with E-state index in [9.17, 15) is 0 Å². The lowest BCUT2D eigenvalue weighted by molar-refractivity contribution is 0.0277. The molecule has 0 bridgehead atoms. The second kappa shape index (κ2) is 11.4. The van der Waals surface area contributed by atoms with Crippen LogP contribution < -0.4 is 10.6 Å². The molecule has 0 radical (unpaired) electrons. The standard InChI is InChI=1S/C20H30N6O2/c1-21-20(23-13-7-15-27-16-8-3-2-4-9-16)24-14-11-18-25-19(28-26-18)17-10-5-6-12-22-17/h5-6,10,12,16H,2-4,7-9,11,13-15H2,1H3,(H2,21,23,24). The van der Waals surface area contributed by atoms with Crippen molar-refractivity contribution < 1.29 is 9.26 Å². The van der Waals surface area contributed by atoms with Gasteiger partial charge in [0, 0.05) is 39.4 Å². The zero-order chi connectivity index (χ0) is 19.4. The summed E-state index contributed by atoms with van der Waals surface area (Å²) in [5.41, 5.74) is 0.683. The highest BCUT2D eigenvalue weighted by Gasteiger charge is 2.13. The molecule has 8 heteroatoms. The average Bonchev–Trinajstić information content (AvgIpc) is 3.22. The third kappa shape index (κ3) is 6.60. The van der Waals surface area contributed by atoms with Crippen molar-refractivity contribution in [3.63, 3.8) is 0 Å². The summed E-state index contributed by atoms with van der Waals surface area (Å²) in [7, 11) is 1.77. The van der Waals surface area contributed by atoms with Gasteiger partial charge in [0.15, 0.2) is 11.8 Å². The summed E-state index contributed by atoms with van der Waals surface area (Å²) < 4.78 is 11.2. The number of guanidine groups is 1. The fourth-order valence-corrected chi connectivity index (χ4v) is 3.22. The predicted molar refractivity (Wildman–Crippen MR) is 108 cm³/mol. The van der Waals surface area contributed by atoms with Crippen molar-refractivity contribution in [2.45, 2.75) is 51.0 Å². The molecule has 0 amide bonds. The summed E-state index contributed by atoms with van der Waals surface area (Å²) >= 11 is 0. The molecule has 0 aromatic carbocycles. The van der Waals surface area contributed by atoms with Gasteiger partial charge in [-0.3, -0.25) is 9.98 Å². The van der Waals surface area contributed by atoms with Crippen molar-refractivity contribution in [1.82, 2.24) is 25.8 Å². The Labute approximate surface area is 166 Å². The molecule has 0 spiro atoms. The molecule has 1 aliphatic carbocycles. The van der Waals surface area contributed by atoms with E-state index in [1.165, 1.54) is 32.1 Å². The molecule has 2 N–H and O–H groups in total. The molecule has 0 saturated heterocycles. The fraction of sp³-hybridized carbons (Fsp3) is 0.600. The lowest BCUT2D eigenvalue weighted by Gasteiger charge is -2.22. The lowest BCUT2D eigenvalue weighted by atomic mass is 9.98. The van der Waals surface area contributed by atoms with Gasteiger partial charge in [0.05, 0.1) is 6.10 Å². The van der Waals surface area contributed by atoms with E-state index in [1.807, 2.05) is 18.2 Å². The molecule has 2 heterocycles. The van der Waals surface area contributed by atoms with Crippen LogP contribution in [0, 0.1) is 0 Å². The van der Waals surface area contributed by atoms with E-state index >= 15 is 0 Å². The normalized spacial score (nSPS) is 15.5. The first-order chi connectivity index (χ1) is 13.8. The van der Waals surface area contributed by atoms with Gasteiger partial charge in [0.25, 0.3) is 5.89 Å². The maximum absolute atomic E-state index is 5.94. The van der Waals surface area contributed by atoms with Crippen LogP contribution in [0.1, 0.15) is 44.3 Å². The van der Waals surface area contributed by atoms with Crippen LogP contribution in [-0.2, 0) is 11.2 Å². The minimum absolute atomic E-state index is 0.441. The summed E-state index contributed by atoms with van der Waals surface area (Å²) in [5, 5.41) is 10.6.